The molecule has 14 heavy (non-hydrogen) atoms. The number of nitrogens with zero attached hydrogens (tertiary/aromatic N) is 1. The molecule has 1 rings (SSSR count). The lowest BCUT2D eigenvalue weighted by Gasteiger charge is -2.23. The Morgan fingerprint density at radius 1 is 1.36 bits per heavy atom. The summed E-state index contributed by atoms with van der Waals surface area (Å²) in [5.41, 5.74) is 0.556. The molecular formula is C12H16N2. The van der Waals surface area contributed by atoms with E-state index in [1.165, 1.54) is 0 Å². The fourth-order valence-corrected chi connectivity index (χ4v) is 1.49. The Kier molecular flexibility index (Phi) is 3.53. The monoisotopic (exact) mass is 188 g/mol. The first-order chi connectivity index (χ1) is 6.70. The van der Waals surface area contributed by atoms with Crippen LogP contribution in [0.3, 0.4) is 0 Å². The van der Waals surface area contributed by atoms with Crippen molar-refractivity contribution in [3.63, 3.8) is 0 Å². The predicted octanol–water partition coefficient (Wildman–Crippen LogP) is 3.18. The van der Waals surface area contributed by atoms with Crippen LogP contribution in [0.5, 0.6) is 0 Å². The standard InChI is InChI=1S/C12H16N2/c1-3-9-12(2,10-13)14-11-7-5-4-6-8-11/h4-8,14H,3,9H2,1-2H3/t12-/m0/s1. The average Bonchev–Trinajstić information content (AvgIpc) is 2.20. The Morgan fingerprint density at radius 2 is 2.00 bits per heavy atom. The van der Waals surface area contributed by atoms with Crippen molar-refractivity contribution in [3.05, 3.63) is 30.3 Å². The van der Waals surface area contributed by atoms with Crippen molar-refractivity contribution < 1.29 is 0 Å². The molecule has 0 spiro atoms. The van der Waals surface area contributed by atoms with Crippen LogP contribution in [-0.4, -0.2) is 5.54 Å². The molecule has 0 bridgehead atoms. The number of hydrogen-bond acceptors (Lipinski definition) is 2. The number of para-hydroxylation sites is 1. The van der Waals surface area contributed by atoms with Crippen molar-refractivity contribution in [2.24, 2.45) is 0 Å². The fraction of sp³-hybridized carbons (Fsp3) is 0.417. The highest BCUT2D eigenvalue weighted by Crippen LogP contribution is 2.18. The largest absolute Gasteiger partial charge is 0.368 e. The second-order valence-electron chi connectivity index (χ2n) is 3.68. The van der Waals surface area contributed by atoms with E-state index in [4.69, 9.17) is 5.26 Å². The number of nitrogens with one attached hydrogen (secondary N) is 1. The smallest absolute Gasteiger partial charge is 0.122 e. The van der Waals surface area contributed by atoms with Crippen LogP contribution < -0.4 is 5.32 Å². The molecule has 0 heterocycles. The van der Waals surface area contributed by atoms with Crippen LogP contribution in [-0.2, 0) is 0 Å². The molecule has 2 heteroatoms. The van der Waals surface area contributed by atoms with Crippen LogP contribution >= 0.6 is 0 Å². The maximum atomic E-state index is 9.07. The molecule has 74 valence electrons. The van der Waals surface area contributed by atoms with Crippen LogP contribution in [0.2, 0.25) is 0 Å². The van der Waals surface area contributed by atoms with E-state index >= 15 is 0 Å². The summed E-state index contributed by atoms with van der Waals surface area (Å²) < 4.78 is 0. The lowest BCUT2D eigenvalue weighted by Crippen LogP contribution is -2.32. The third-order valence-corrected chi connectivity index (χ3v) is 2.19. The summed E-state index contributed by atoms with van der Waals surface area (Å²) >= 11 is 0. The molecule has 0 radical (unpaired) electrons. The fourth-order valence-electron chi connectivity index (χ4n) is 1.49. The van der Waals surface area contributed by atoms with Crippen molar-refractivity contribution in [1.29, 1.82) is 5.26 Å². The van der Waals surface area contributed by atoms with E-state index in [-0.39, 0.29) is 0 Å². The molecule has 0 unspecified atom stereocenters. The van der Waals surface area contributed by atoms with Gasteiger partial charge in [0.25, 0.3) is 0 Å². The molecule has 0 aliphatic rings. The Hall–Kier alpha value is -1.49. The molecule has 0 saturated heterocycles. The normalized spacial score (nSPS) is 14.1. The lowest BCUT2D eigenvalue weighted by molar-refractivity contribution is 0.579. The van der Waals surface area contributed by atoms with Crippen molar-refractivity contribution in [1.82, 2.24) is 0 Å². The van der Waals surface area contributed by atoms with E-state index in [0.717, 1.165) is 18.5 Å². The molecule has 1 aromatic rings. The molecule has 0 saturated carbocycles. The maximum absolute atomic E-state index is 9.07. The first-order valence-corrected chi connectivity index (χ1v) is 4.94. The van der Waals surface area contributed by atoms with E-state index in [1.807, 2.05) is 37.3 Å². The highest BCUT2D eigenvalue weighted by Gasteiger charge is 2.21. The number of anilines is 1. The summed E-state index contributed by atoms with van der Waals surface area (Å²) in [6.45, 7) is 4.02. The zero-order chi connectivity index (χ0) is 10.4. The molecule has 0 amide bonds. The number of hydrogen-bond donors (Lipinski definition) is 1. The summed E-state index contributed by atoms with van der Waals surface area (Å²) in [6, 6.07) is 12.2. The molecule has 1 aromatic carbocycles. The second kappa shape index (κ2) is 4.66. The minimum Gasteiger partial charge on any atom is -0.368 e. The van der Waals surface area contributed by atoms with Crippen molar-refractivity contribution in [3.8, 4) is 6.07 Å². The lowest BCUT2D eigenvalue weighted by atomic mass is 9.98. The van der Waals surface area contributed by atoms with Crippen LogP contribution in [0.15, 0.2) is 30.3 Å². The Balaban J connectivity index is 2.72. The number of rotatable bonds is 4. The molecule has 1 atom stereocenters. The molecule has 0 aromatic heterocycles. The second-order valence-corrected chi connectivity index (χ2v) is 3.68. The summed E-state index contributed by atoms with van der Waals surface area (Å²) in [7, 11) is 0. The molecule has 0 aliphatic carbocycles. The van der Waals surface area contributed by atoms with E-state index < -0.39 is 5.54 Å². The highest BCUT2D eigenvalue weighted by molar-refractivity contribution is 5.46. The maximum Gasteiger partial charge on any atom is 0.122 e. The molecule has 0 fully saturated rings. The minimum absolute atomic E-state index is 0.448. The Labute approximate surface area is 85.6 Å². The first kappa shape index (κ1) is 10.6. The zero-order valence-electron chi connectivity index (χ0n) is 8.75. The van der Waals surface area contributed by atoms with Gasteiger partial charge in [0.05, 0.1) is 6.07 Å². The quantitative estimate of drug-likeness (QED) is 0.787. The number of benzene rings is 1. The Bertz CT molecular complexity index is 313. The van der Waals surface area contributed by atoms with Crippen LogP contribution in [0.4, 0.5) is 5.69 Å². The average molecular weight is 188 g/mol. The first-order valence-electron chi connectivity index (χ1n) is 4.94. The van der Waals surface area contributed by atoms with Gasteiger partial charge in [-0.1, -0.05) is 31.5 Å². The van der Waals surface area contributed by atoms with Crippen molar-refractivity contribution in [2.45, 2.75) is 32.2 Å². The van der Waals surface area contributed by atoms with Crippen molar-refractivity contribution in [2.75, 3.05) is 5.32 Å². The van der Waals surface area contributed by atoms with E-state index in [0.29, 0.717) is 0 Å². The molecule has 1 N–H and O–H groups in total. The topological polar surface area (TPSA) is 35.8 Å². The third-order valence-electron chi connectivity index (χ3n) is 2.19. The van der Waals surface area contributed by atoms with Gasteiger partial charge in [-0.3, -0.25) is 0 Å². The van der Waals surface area contributed by atoms with Gasteiger partial charge in [-0.25, -0.2) is 0 Å². The molecular weight excluding hydrogens is 172 g/mol. The van der Waals surface area contributed by atoms with Crippen LogP contribution in [0.25, 0.3) is 0 Å². The minimum atomic E-state index is -0.448. The van der Waals surface area contributed by atoms with Gasteiger partial charge in [0.1, 0.15) is 5.54 Å². The Morgan fingerprint density at radius 3 is 2.50 bits per heavy atom. The van der Waals surface area contributed by atoms with Crippen LogP contribution in [0, 0.1) is 11.3 Å². The van der Waals surface area contributed by atoms with Gasteiger partial charge in [0.2, 0.25) is 0 Å². The van der Waals surface area contributed by atoms with Gasteiger partial charge in [0, 0.05) is 5.69 Å². The van der Waals surface area contributed by atoms with Gasteiger partial charge >= 0.3 is 0 Å². The van der Waals surface area contributed by atoms with Gasteiger partial charge in [-0.15, -0.1) is 0 Å². The highest BCUT2D eigenvalue weighted by atomic mass is 15.0. The zero-order valence-corrected chi connectivity index (χ0v) is 8.75. The van der Waals surface area contributed by atoms with E-state index in [9.17, 15) is 0 Å². The summed E-state index contributed by atoms with van der Waals surface area (Å²) in [5.74, 6) is 0. The van der Waals surface area contributed by atoms with E-state index in [2.05, 4.69) is 18.3 Å². The third kappa shape index (κ3) is 2.77. The summed E-state index contributed by atoms with van der Waals surface area (Å²) in [5, 5.41) is 12.3. The SMILES string of the molecule is CCC[C@@](C)(C#N)Nc1ccccc1. The van der Waals surface area contributed by atoms with Crippen molar-refractivity contribution >= 4 is 5.69 Å². The van der Waals surface area contributed by atoms with Gasteiger partial charge in [0.15, 0.2) is 0 Å². The van der Waals surface area contributed by atoms with E-state index in [1.54, 1.807) is 0 Å². The molecule has 0 aliphatic heterocycles. The van der Waals surface area contributed by atoms with Gasteiger partial charge < -0.3 is 5.32 Å². The van der Waals surface area contributed by atoms with Crippen LogP contribution in [0.1, 0.15) is 26.7 Å². The summed E-state index contributed by atoms with van der Waals surface area (Å²) in [4.78, 5) is 0. The van der Waals surface area contributed by atoms with Gasteiger partial charge in [-0.05, 0) is 25.5 Å². The number of nitriles is 1. The molecule has 2 nitrogen and oxygen atoms in total. The predicted molar refractivity (Wildman–Crippen MR) is 59.0 cm³/mol. The van der Waals surface area contributed by atoms with Gasteiger partial charge in [-0.2, -0.15) is 5.26 Å². The summed E-state index contributed by atoms with van der Waals surface area (Å²) in [6.07, 6.45) is 1.86.